The third-order valence-electron chi connectivity index (χ3n) is 6.70. The molecule has 8 nitrogen and oxygen atoms in total. The Morgan fingerprint density at radius 2 is 1.65 bits per heavy atom. The second kappa shape index (κ2) is 9.09. The van der Waals surface area contributed by atoms with E-state index in [1.807, 2.05) is 24.3 Å². The molecule has 0 saturated carbocycles. The molecule has 2 N–H and O–H groups in total. The fourth-order valence-electron chi connectivity index (χ4n) is 4.78. The second-order valence-corrected chi connectivity index (χ2v) is 8.85. The number of hydrogen-bond donors (Lipinski definition) is 1. The fraction of sp³-hybridized carbons (Fsp3) is 0.179. The number of nitrogen functional groups attached to an aromatic ring is 1. The van der Waals surface area contributed by atoms with Gasteiger partial charge in [-0.2, -0.15) is 4.98 Å². The van der Waals surface area contributed by atoms with Crippen LogP contribution in [-0.2, 0) is 13.0 Å². The van der Waals surface area contributed by atoms with Crippen molar-refractivity contribution in [2.75, 3.05) is 31.4 Å². The summed E-state index contributed by atoms with van der Waals surface area (Å²) in [5.74, 6) is 1.78. The lowest BCUT2D eigenvalue weighted by Gasteiger charge is -2.29. The van der Waals surface area contributed by atoms with Crippen LogP contribution in [-0.4, -0.2) is 40.5 Å². The molecule has 0 atom stereocenters. The van der Waals surface area contributed by atoms with Gasteiger partial charge < -0.3 is 20.1 Å². The molecule has 6 rings (SSSR count). The van der Waals surface area contributed by atoms with E-state index in [1.54, 1.807) is 31.0 Å². The van der Waals surface area contributed by atoms with Crippen molar-refractivity contribution < 1.29 is 13.9 Å². The van der Waals surface area contributed by atoms with Gasteiger partial charge in [-0.25, -0.2) is 14.1 Å². The topological polar surface area (TPSA) is 91.3 Å². The SMILES string of the molecule is COc1ccc(-c2nc(N3CCc4ccccc4C3)nc3nn(-c4ccc(F)cc4)c(N)c23)cc1OC. The molecule has 9 heteroatoms. The molecule has 5 aromatic rings. The lowest BCUT2D eigenvalue weighted by atomic mass is 10.0. The van der Waals surface area contributed by atoms with E-state index in [0.29, 0.717) is 52.2 Å². The summed E-state index contributed by atoms with van der Waals surface area (Å²) in [7, 11) is 3.19. The van der Waals surface area contributed by atoms with Crippen molar-refractivity contribution >= 4 is 22.8 Å². The molecular weight excluding hydrogens is 471 g/mol. The molecule has 2 aromatic heterocycles. The summed E-state index contributed by atoms with van der Waals surface area (Å²) < 4.78 is 26.1. The standard InChI is InChI=1S/C28H25FN6O2/c1-36-22-12-7-18(15-23(22)37-2)25-24-26(30)35(21-10-8-20(29)9-11-21)33-27(24)32-28(31-25)34-14-13-17-5-3-4-6-19(17)16-34/h3-12,15H,13-14,16,30H2,1-2H3. The van der Waals surface area contributed by atoms with Crippen LogP contribution in [0.2, 0.25) is 0 Å². The van der Waals surface area contributed by atoms with Crippen LogP contribution < -0.4 is 20.1 Å². The van der Waals surface area contributed by atoms with Gasteiger partial charge >= 0.3 is 0 Å². The molecule has 0 fully saturated rings. The van der Waals surface area contributed by atoms with E-state index in [9.17, 15) is 4.39 Å². The van der Waals surface area contributed by atoms with E-state index >= 15 is 0 Å². The predicted octanol–water partition coefficient (Wildman–Crippen LogP) is 4.78. The minimum absolute atomic E-state index is 0.336. The van der Waals surface area contributed by atoms with Crippen LogP contribution in [0.15, 0.2) is 66.7 Å². The quantitative estimate of drug-likeness (QED) is 0.374. The van der Waals surface area contributed by atoms with Crippen LogP contribution in [0.1, 0.15) is 11.1 Å². The summed E-state index contributed by atoms with van der Waals surface area (Å²) >= 11 is 0. The number of methoxy groups -OCH3 is 2. The van der Waals surface area contributed by atoms with Gasteiger partial charge in [0.15, 0.2) is 17.1 Å². The second-order valence-electron chi connectivity index (χ2n) is 8.85. The molecule has 3 aromatic carbocycles. The monoisotopic (exact) mass is 496 g/mol. The molecule has 0 radical (unpaired) electrons. The average molecular weight is 497 g/mol. The Balaban J connectivity index is 1.54. The zero-order valence-electron chi connectivity index (χ0n) is 20.5. The Morgan fingerprint density at radius 3 is 2.41 bits per heavy atom. The van der Waals surface area contributed by atoms with E-state index in [1.165, 1.54) is 23.3 Å². The number of ether oxygens (including phenoxy) is 2. The molecule has 186 valence electrons. The van der Waals surface area contributed by atoms with Crippen LogP contribution in [0, 0.1) is 5.82 Å². The lowest BCUT2D eigenvalue weighted by molar-refractivity contribution is 0.355. The first-order chi connectivity index (χ1) is 18.1. The fourth-order valence-corrected chi connectivity index (χ4v) is 4.78. The summed E-state index contributed by atoms with van der Waals surface area (Å²) in [5.41, 5.74) is 11.7. The molecule has 1 aliphatic heterocycles. The smallest absolute Gasteiger partial charge is 0.228 e. The number of nitrogens with zero attached hydrogens (tertiary/aromatic N) is 5. The third-order valence-corrected chi connectivity index (χ3v) is 6.70. The predicted molar refractivity (Wildman–Crippen MR) is 141 cm³/mol. The van der Waals surface area contributed by atoms with Crippen molar-refractivity contribution in [1.82, 2.24) is 19.7 Å². The first-order valence-electron chi connectivity index (χ1n) is 11.9. The van der Waals surface area contributed by atoms with Gasteiger partial charge in [-0.1, -0.05) is 24.3 Å². The van der Waals surface area contributed by atoms with Crippen molar-refractivity contribution in [1.29, 1.82) is 0 Å². The Hall–Kier alpha value is -4.66. The normalized spacial score (nSPS) is 13.0. The number of halogens is 1. The van der Waals surface area contributed by atoms with Crippen molar-refractivity contribution in [3.05, 3.63) is 83.7 Å². The number of rotatable bonds is 5. The maximum atomic E-state index is 13.6. The van der Waals surface area contributed by atoms with Crippen molar-refractivity contribution in [2.45, 2.75) is 13.0 Å². The van der Waals surface area contributed by atoms with Gasteiger partial charge in [-0.05, 0) is 60.0 Å². The molecule has 1 aliphatic rings. The van der Waals surface area contributed by atoms with Crippen molar-refractivity contribution in [3.63, 3.8) is 0 Å². The van der Waals surface area contributed by atoms with Gasteiger partial charge in [0.05, 0.1) is 31.0 Å². The highest BCUT2D eigenvalue weighted by Gasteiger charge is 2.24. The summed E-state index contributed by atoms with van der Waals surface area (Å²) in [5, 5.41) is 5.32. The minimum atomic E-state index is -0.336. The Labute approximate surface area is 213 Å². The molecule has 0 bridgehead atoms. The average Bonchev–Trinajstić information content (AvgIpc) is 3.28. The van der Waals surface area contributed by atoms with E-state index in [4.69, 9.17) is 30.3 Å². The van der Waals surface area contributed by atoms with Gasteiger partial charge in [0.25, 0.3) is 0 Å². The maximum Gasteiger partial charge on any atom is 0.228 e. The summed E-state index contributed by atoms with van der Waals surface area (Å²) in [4.78, 5) is 12.0. The Kier molecular flexibility index (Phi) is 5.60. The Morgan fingerprint density at radius 1 is 0.892 bits per heavy atom. The lowest BCUT2D eigenvalue weighted by Crippen LogP contribution is -2.31. The highest BCUT2D eigenvalue weighted by atomic mass is 19.1. The van der Waals surface area contributed by atoms with Gasteiger partial charge in [0, 0.05) is 18.7 Å². The number of aromatic nitrogens is 4. The molecule has 0 spiro atoms. The zero-order chi connectivity index (χ0) is 25.5. The van der Waals surface area contributed by atoms with Crippen molar-refractivity contribution in [2.24, 2.45) is 0 Å². The molecule has 0 aliphatic carbocycles. The first-order valence-corrected chi connectivity index (χ1v) is 11.9. The van der Waals surface area contributed by atoms with E-state index < -0.39 is 0 Å². The van der Waals surface area contributed by atoms with Gasteiger partial charge in [-0.3, -0.25) is 0 Å². The molecular formula is C28H25FN6O2. The molecule has 37 heavy (non-hydrogen) atoms. The van der Waals surface area contributed by atoms with E-state index in [2.05, 4.69) is 23.1 Å². The number of fused-ring (bicyclic) bond motifs is 2. The highest BCUT2D eigenvalue weighted by molar-refractivity contribution is 5.99. The first kappa shape index (κ1) is 22.8. The van der Waals surface area contributed by atoms with Crippen molar-refractivity contribution in [3.8, 4) is 28.4 Å². The molecule has 0 unspecified atom stereocenters. The van der Waals surface area contributed by atoms with E-state index in [0.717, 1.165) is 18.5 Å². The van der Waals surface area contributed by atoms with Crippen LogP contribution in [0.25, 0.3) is 28.0 Å². The maximum absolute atomic E-state index is 13.6. The highest BCUT2D eigenvalue weighted by Crippen LogP contribution is 2.38. The summed E-state index contributed by atoms with van der Waals surface area (Å²) in [6, 6.07) is 20.0. The van der Waals surface area contributed by atoms with Gasteiger partial charge in [0.1, 0.15) is 11.6 Å². The van der Waals surface area contributed by atoms with Gasteiger partial charge in [-0.15, -0.1) is 5.10 Å². The molecule has 3 heterocycles. The summed E-state index contributed by atoms with van der Waals surface area (Å²) in [6.07, 6.45) is 0.898. The van der Waals surface area contributed by atoms with Crippen LogP contribution >= 0.6 is 0 Å². The minimum Gasteiger partial charge on any atom is -0.493 e. The summed E-state index contributed by atoms with van der Waals surface area (Å²) in [6.45, 7) is 1.48. The third kappa shape index (κ3) is 3.98. The molecule has 0 amide bonds. The molecule has 0 saturated heterocycles. The zero-order valence-corrected chi connectivity index (χ0v) is 20.5. The largest absolute Gasteiger partial charge is 0.493 e. The number of anilines is 2. The number of nitrogens with two attached hydrogens (primary N) is 1. The number of hydrogen-bond acceptors (Lipinski definition) is 7. The van der Waals surface area contributed by atoms with E-state index in [-0.39, 0.29) is 5.82 Å². The van der Waals surface area contributed by atoms with Gasteiger partial charge in [0.2, 0.25) is 5.95 Å². The number of benzene rings is 3. The van der Waals surface area contributed by atoms with Crippen LogP contribution in [0.3, 0.4) is 0 Å². The Bertz CT molecular complexity index is 1620. The van der Waals surface area contributed by atoms with Crippen LogP contribution in [0.4, 0.5) is 16.2 Å². The van der Waals surface area contributed by atoms with Crippen LogP contribution in [0.5, 0.6) is 11.5 Å².